The summed E-state index contributed by atoms with van der Waals surface area (Å²) < 4.78 is 10.8. The Morgan fingerprint density at radius 1 is 1.05 bits per heavy atom. The Hall–Kier alpha value is -2.55. The molecular formula is C16H12O3. The van der Waals surface area contributed by atoms with Crippen LogP contribution in [0.3, 0.4) is 0 Å². The van der Waals surface area contributed by atoms with Gasteiger partial charge in [-0.3, -0.25) is 4.79 Å². The largest absolute Gasteiger partial charge is 0.456 e. The van der Waals surface area contributed by atoms with E-state index in [1.807, 2.05) is 36.4 Å². The van der Waals surface area contributed by atoms with Crippen molar-refractivity contribution in [2.45, 2.75) is 6.92 Å². The van der Waals surface area contributed by atoms with Crippen molar-refractivity contribution in [3.63, 3.8) is 0 Å². The molecule has 0 fully saturated rings. The van der Waals surface area contributed by atoms with Crippen LogP contribution in [0.5, 0.6) is 5.75 Å². The van der Waals surface area contributed by atoms with E-state index in [2.05, 4.69) is 0 Å². The lowest BCUT2D eigenvalue weighted by Crippen LogP contribution is -2.00. The van der Waals surface area contributed by atoms with Gasteiger partial charge in [0.1, 0.15) is 17.1 Å². The first-order valence-electron chi connectivity index (χ1n) is 6.00. The Bertz CT molecular complexity index is 726. The van der Waals surface area contributed by atoms with Crippen molar-refractivity contribution >= 4 is 16.9 Å². The highest BCUT2D eigenvalue weighted by Crippen LogP contribution is 2.30. The van der Waals surface area contributed by atoms with Crippen LogP contribution in [0.2, 0.25) is 0 Å². The summed E-state index contributed by atoms with van der Waals surface area (Å²) in [5, 5.41) is 0.914. The van der Waals surface area contributed by atoms with E-state index >= 15 is 0 Å². The van der Waals surface area contributed by atoms with Gasteiger partial charge in [-0.1, -0.05) is 30.3 Å². The summed E-state index contributed by atoms with van der Waals surface area (Å²) in [5.74, 6) is 1.00. The number of carbonyl (C=O) groups excluding carboxylic acids is 1. The minimum atomic E-state index is -0.328. The third kappa shape index (κ3) is 2.36. The van der Waals surface area contributed by atoms with E-state index < -0.39 is 0 Å². The minimum Gasteiger partial charge on any atom is -0.456 e. The quantitative estimate of drug-likeness (QED) is 0.510. The smallest absolute Gasteiger partial charge is 0.308 e. The number of benzene rings is 2. The van der Waals surface area contributed by atoms with Gasteiger partial charge in [0, 0.05) is 17.9 Å². The van der Waals surface area contributed by atoms with Crippen LogP contribution in [0.4, 0.5) is 0 Å². The third-order valence-electron chi connectivity index (χ3n) is 2.81. The number of fused-ring (bicyclic) bond motifs is 1. The van der Waals surface area contributed by atoms with Crippen LogP contribution in [-0.4, -0.2) is 5.97 Å². The van der Waals surface area contributed by atoms with Gasteiger partial charge >= 0.3 is 5.97 Å². The van der Waals surface area contributed by atoms with Crippen molar-refractivity contribution in [3.05, 3.63) is 54.6 Å². The first kappa shape index (κ1) is 11.5. The zero-order valence-electron chi connectivity index (χ0n) is 10.4. The fourth-order valence-electron chi connectivity index (χ4n) is 2.00. The fraction of sp³-hybridized carbons (Fsp3) is 0.0625. The molecule has 0 N–H and O–H groups in total. The number of carbonyl (C=O) groups is 1. The van der Waals surface area contributed by atoms with Crippen LogP contribution in [-0.2, 0) is 4.79 Å². The Kier molecular flexibility index (Phi) is 2.80. The maximum absolute atomic E-state index is 10.9. The Morgan fingerprint density at radius 3 is 2.58 bits per heavy atom. The fourth-order valence-corrected chi connectivity index (χ4v) is 2.00. The van der Waals surface area contributed by atoms with Crippen molar-refractivity contribution in [1.82, 2.24) is 0 Å². The second-order valence-corrected chi connectivity index (χ2v) is 4.27. The van der Waals surface area contributed by atoms with Gasteiger partial charge in [-0.25, -0.2) is 0 Å². The maximum atomic E-state index is 10.9. The molecule has 19 heavy (non-hydrogen) atoms. The number of hydrogen-bond donors (Lipinski definition) is 0. The number of ether oxygens (including phenoxy) is 1. The standard InChI is InChI=1S/C16H12O3/c1-11(17)18-14-7-8-15-13(9-14)10-16(19-15)12-5-3-2-4-6-12/h2-10H,1H3. The summed E-state index contributed by atoms with van der Waals surface area (Å²) in [6, 6.07) is 17.1. The van der Waals surface area contributed by atoms with E-state index in [-0.39, 0.29) is 5.97 Å². The summed E-state index contributed by atoms with van der Waals surface area (Å²) in [7, 11) is 0. The lowest BCUT2D eigenvalue weighted by molar-refractivity contribution is -0.131. The van der Waals surface area contributed by atoms with E-state index in [1.165, 1.54) is 6.92 Å². The van der Waals surface area contributed by atoms with Gasteiger partial charge < -0.3 is 9.15 Å². The lowest BCUT2D eigenvalue weighted by Gasteiger charge is -1.99. The van der Waals surface area contributed by atoms with Gasteiger partial charge in [0.15, 0.2) is 0 Å². The molecule has 3 aromatic rings. The molecule has 3 nitrogen and oxygen atoms in total. The van der Waals surface area contributed by atoms with Crippen LogP contribution < -0.4 is 4.74 Å². The lowest BCUT2D eigenvalue weighted by atomic mass is 10.1. The van der Waals surface area contributed by atoms with E-state index in [0.717, 1.165) is 22.3 Å². The summed E-state index contributed by atoms with van der Waals surface area (Å²) >= 11 is 0. The van der Waals surface area contributed by atoms with Gasteiger partial charge in [0.2, 0.25) is 0 Å². The predicted octanol–water partition coefficient (Wildman–Crippen LogP) is 4.03. The zero-order valence-corrected chi connectivity index (χ0v) is 10.4. The summed E-state index contributed by atoms with van der Waals surface area (Å²) in [6.07, 6.45) is 0. The van der Waals surface area contributed by atoms with Crippen LogP contribution in [0.1, 0.15) is 6.92 Å². The molecule has 0 atom stereocenters. The number of furan rings is 1. The molecule has 0 aliphatic carbocycles. The summed E-state index contributed by atoms with van der Waals surface area (Å²) in [6.45, 7) is 1.38. The normalized spacial score (nSPS) is 10.6. The van der Waals surface area contributed by atoms with Crippen molar-refractivity contribution in [2.75, 3.05) is 0 Å². The zero-order chi connectivity index (χ0) is 13.2. The molecule has 1 heterocycles. The highest BCUT2D eigenvalue weighted by Gasteiger charge is 2.07. The molecule has 0 aliphatic rings. The van der Waals surface area contributed by atoms with E-state index in [1.54, 1.807) is 18.2 Å². The number of esters is 1. The summed E-state index contributed by atoms with van der Waals surface area (Å²) in [5.41, 5.74) is 1.79. The molecule has 94 valence electrons. The molecule has 0 saturated carbocycles. The van der Waals surface area contributed by atoms with Crippen molar-refractivity contribution in [3.8, 4) is 17.1 Å². The molecule has 3 rings (SSSR count). The maximum Gasteiger partial charge on any atom is 0.308 e. The molecule has 0 saturated heterocycles. The molecule has 0 bridgehead atoms. The van der Waals surface area contributed by atoms with Crippen molar-refractivity contribution in [1.29, 1.82) is 0 Å². The molecule has 3 heteroatoms. The molecule has 2 aromatic carbocycles. The first-order valence-corrected chi connectivity index (χ1v) is 6.00. The van der Waals surface area contributed by atoms with Gasteiger partial charge in [0.25, 0.3) is 0 Å². The average Bonchev–Trinajstić information content (AvgIpc) is 2.82. The van der Waals surface area contributed by atoms with Crippen LogP contribution >= 0.6 is 0 Å². The van der Waals surface area contributed by atoms with Crippen LogP contribution in [0.15, 0.2) is 59.0 Å². The summed E-state index contributed by atoms with van der Waals surface area (Å²) in [4.78, 5) is 10.9. The van der Waals surface area contributed by atoms with Crippen molar-refractivity contribution < 1.29 is 13.9 Å². The number of hydrogen-bond acceptors (Lipinski definition) is 3. The topological polar surface area (TPSA) is 39.4 Å². The van der Waals surface area contributed by atoms with Gasteiger partial charge in [-0.15, -0.1) is 0 Å². The molecular weight excluding hydrogens is 240 g/mol. The Labute approximate surface area is 110 Å². The van der Waals surface area contributed by atoms with Crippen LogP contribution in [0.25, 0.3) is 22.3 Å². The van der Waals surface area contributed by atoms with Crippen LogP contribution in [0, 0.1) is 0 Å². The van der Waals surface area contributed by atoms with E-state index in [0.29, 0.717) is 5.75 Å². The number of rotatable bonds is 2. The van der Waals surface area contributed by atoms with Gasteiger partial charge in [-0.05, 0) is 24.3 Å². The third-order valence-corrected chi connectivity index (χ3v) is 2.81. The molecule has 0 spiro atoms. The molecule has 0 amide bonds. The Morgan fingerprint density at radius 2 is 1.84 bits per heavy atom. The molecule has 1 aromatic heterocycles. The highest BCUT2D eigenvalue weighted by atomic mass is 16.5. The monoisotopic (exact) mass is 252 g/mol. The average molecular weight is 252 g/mol. The van der Waals surface area contributed by atoms with Crippen molar-refractivity contribution in [2.24, 2.45) is 0 Å². The predicted molar refractivity (Wildman–Crippen MR) is 73.0 cm³/mol. The van der Waals surface area contributed by atoms with E-state index in [9.17, 15) is 4.79 Å². The van der Waals surface area contributed by atoms with E-state index in [4.69, 9.17) is 9.15 Å². The minimum absolute atomic E-state index is 0.328. The SMILES string of the molecule is CC(=O)Oc1ccc2oc(-c3ccccc3)cc2c1. The second kappa shape index (κ2) is 4.61. The second-order valence-electron chi connectivity index (χ2n) is 4.27. The molecule has 0 unspecified atom stereocenters. The van der Waals surface area contributed by atoms with Gasteiger partial charge in [0.05, 0.1) is 0 Å². The Balaban J connectivity index is 2.04. The highest BCUT2D eigenvalue weighted by molar-refractivity contribution is 5.84. The molecule has 0 aliphatic heterocycles. The first-order chi connectivity index (χ1) is 9.22. The van der Waals surface area contributed by atoms with Gasteiger partial charge in [-0.2, -0.15) is 0 Å². The molecule has 0 radical (unpaired) electrons.